The number of hydrogen-bond donors (Lipinski definition) is 3. The molecule has 0 radical (unpaired) electrons. The van der Waals surface area contributed by atoms with Crippen molar-refractivity contribution < 1.29 is 14.7 Å². The topological polar surface area (TPSA) is 96.3 Å². The van der Waals surface area contributed by atoms with Crippen LogP contribution in [0.1, 0.15) is 26.1 Å². The molecule has 1 aromatic rings. The lowest BCUT2D eigenvalue weighted by Crippen LogP contribution is -2.49. The number of aryl methyl sites for hydroxylation is 1. The summed E-state index contributed by atoms with van der Waals surface area (Å²) in [6.45, 7) is 3.78. The van der Waals surface area contributed by atoms with Gasteiger partial charge in [-0.15, -0.1) is 0 Å². The summed E-state index contributed by atoms with van der Waals surface area (Å²) in [6.07, 6.45) is 4.03. The Balaban J connectivity index is 2.32. The van der Waals surface area contributed by atoms with Crippen LogP contribution in [-0.2, 0) is 18.3 Å². The van der Waals surface area contributed by atoms with Crippen LogP contribution in [0.25, 0.3) is 0 Å². The second kappa shape index (κ2) is 6.21. The van der Waals surface area contributed by atoms with Crippen molar-refractivity contribution in [3.05, 3.63) is 18.2 Å². The second-order valence-corrected chi connectivity index (χ2v) is 5.04. The normalized spacial score (nSPS) is 11.1. The lowest BCUT2D eigenvalue weighted by atomic mass is 10.0. The van der Waals surface area contributed by atoms with E-state index in [-0.39, 0.29) is 12.5 Å². The van der Waals surface area contributed by atoms with Crippen molar-refractivity contribution in [1.29, 1.82) is 0 Å². The van der Waals surface area contributed by atoms with Crippen molar-refractivity contribution in [2.45, 2.75) is 32.2 Å². The van der Waals surface area contributed by atoms with Crippen molar-refractivity contribution in [2.75, 3.05) is 6.54 Å². The highest BCUT2D eigenvalue weighted by molar-refractivity contribution is 5.76. The van der Waals surface area contributed by atoms with Crippen LogP contribution in [-0.4, -0.2) is 38.7 Å². The fourth-order valence-corrected chi connectivity index (χ4v) is 1.70. The number of nitrogens with zero attached hydrogens (tertiary/aromatic N) is 2. The van der Waals surface area contributed by atoms with Gasteiger partial charge in [0.05, 0.1) is 6.42 Å². The minimum atomic E-state index is -0.946. The average molecular weight is 268 g/mol. The molecule has 19 heavy (non-hydrogen) atoms. The maximum Gasteiger partial charge on any atom is 0.315 e. The predicted molar refractivity (Wildman–Crippen MR) is 69.8 cm³/mol. The van der Waals surface area contributed by atoms with Gasteiger partial charge in [-0.25, -0.2) is 9.78 Å². The molecular formula is C12H20N4O3. The molecular weight excluding hydrogens is 248 g/mol. The Kier molecular flexibility index (Phi) is 4.91. The monoisotopic (exact) mass is 268 g/mol. The average Bonchev–Trinajstić information content (AvgIpc) is 2.61. The maximum atomic E-state index is 11.6. The SMILES string of the molecule is Cn1ccnc1CCNC(=O)NC(C)(C)CC(=O)O. The van der Waals surface area contributed by atoms with E-state index in [0.29, 0.717) is 13.0 Å². The maximum absolute atomic E-state index is 11.6. The van der Waals surface area contributed by atoms with Crippen LogP contribution in [0.3, 0.4) is 0 Å². The first kappa shape index (κ1) is 15.0. The molecule has 0 spiro atoms. The number of carboxylic acid groups (broad SMARTS) is 1. The highest BCUT2D eigenvalue weighted by Crippen LogP contribution is 2.07. The van der Waals surface area contributed by atoms with E-state index in [9.17, 15) is 9.59 Å². The Morgan fingerprint density at radius 1 is 1.47 bits per heavy atom. The molecule has 1 heterocycles. The number of aliphatic carboxylic acids is 1. The number of amides is 2. The highest BCUT2D eigenvalue weighted by atomic mass is 16.4. The molecule has 106 valence electrons. The third kappa shape index (κ3) is 5.41. The van der Waals surface area contributed by atoms with Crippen molar-refractivity contribution >= 4 is 12.0 Å². The van der Waals surface area contributed by atoms with Gasteiger partial charge < -0.3 is 20.3 Å². The smallest absolute Gasteiger partial charge is 0.315 e. The lowest BCUT2D eigenvalue weighted by Gasteiger charge is -2.24. The fraction of sp³-hybridized carbons (Fsp3) is 0.583. The summed E-state index contributed by atoms with van der Waals surface area (Å²) in [5.74, 6) is -0.0663. The van der Waals surface area contributed by atoms with Crippen molar-refractivity contribution in [3.8, 4) is 0 Å². The molecule has 0 aliphatic carbocycles. The molecule has 2 amide bonds. The summed E-state index contributed by atoms with van der Waals surface area (Å²) < 4.78 is 1.88. The minimum Gasteiger partial charge on any atom is -0.481 e. The lowest BCUT2D eigenvalue weighted by molar-refractivity contribution is -0.138. The summed E-state index contributed by atoms with van der Waals surface area (Å²) in [6, 6.07) is -0.375. The minimum absolute atomic E-state index is 0.125. The van der Waals surface area contributed by atoms with E-state index in [1.807, 2.05) is 17.8 Å². The van der Waals surface area contributed by atoms with Gasteiger partial charge in [0, 0.05) is 37.9 Å². The number of imidazole rings is 1. The van der Waals surface area contributed by atoms with Crippen LogP contribution in [0.5, 0.6) is 0 Å². The van der Waals surface area contributed by atoms with Gasteiger partial charge in [-0.2, -0.15) is 0 Å². The van der Waals surface area contributed by atoms with Crippen LogP contribution in [0, 0.1) is 0 Å². The molecule has 0 bridgehead atoms. The largest absolute Gasteiger partial charge is 0.481 e. The summed E-state index contributed by atoms with van der Waals surface area (Å²) in [7, 11) is 1.89. The zero-order valence-electron chi connectivity index (χ0n) is 11.4. The number of nitrogens with one attached hydrogen (secondary N) is 2. The molecule has 7 nitrogen and oxygen atoms in total. The van der Waals surface area contributed by atoms with Gasteiger partial charge in [0.15, 0.2) is 0 Å². The van der Waals surface area contributed by atoms with Crippen molar-refractivity contribution in [2.24, 2.45) is 7.05 Å². The molecule has 3 N–H and O–H groups in total. The number of urea groups is 1. The molecule has 0 saturated carbocycles. The van der Waals surface area contributed by atoms with Gasteiger partial charge in [0.1, 0.15) is 5.82 Å². The summed E-state index contributed by atoms with van der Waals surface area (Å²) >= 11 is 0. The quantitative estimate of drug-likeness (QED) is 0.700. The number of aromatic nitrogens is 2. The summed E-state index contributed by atoms with van der Waals surface area (Å²) in [4.78, 5) is 26.4. The Labute approximate surface area is 112 Å². The molecule has 0 saturated heterocycles. The second-order valence-electron chi connectivity index (χ2n) is 5.04. The van der Waals surface area contributed by atoms with Crippen LogP contribution >= 0.6 is 0 Å². The molecule has 0 unspecified atom stereocenters. The number of carbonyl (C=O) groups excluding carboxylic acids is 1. The Bertz CT molecular complexity index is 454. The highest BCUT2D eigenvalue weighted by Gasteiger charge is 2.23. The summed E-state index contributed by atoms with van der Waals surface area (Å²) in [5.41, 5.74) is -0.779. The fourth-order valence-electron chi connectivity index (χ4n) is 1.70. The molecule has 0 fully saturated rings. The van der Waals surface area contributed by atoms with Gasteiger partial charge in [0.2, 0.25) is 0 Å². The van der Waals surface area contributed by atoms with Gasteiger partial charge >= 0.3 is 12.0 Å². The Hall–Kier alpha value is -2.05. The number of carboxylic acids is 1. The number of rotatable bonds is 6. The predicted octanol–water partition coefficient (Wildman–Crippen LogP) is 0.515. The van der Waals surface area contributed by atoms with Gasteiger partial charge in [-0.05, 0) is 13.8 Å². The Morgan fingerprint density at radius 2 is 2.16 bits per heavy atom. The van der Waals surface area contributed by atoms with E-state index in [2.05, 4.69) is 15.6 Å². The molecule has 1 aromatic heterocycles. The van der Waals surface area contributed by atoms with Gasteiger partial charge in [-0.3, -0.25) is 4.79 Å². The molecule has 7 heteroatoms. The Morgan fingerprint density at radius 3 is 2.68 bits per heavy atom. The molecule has 0 atom stereocenters. The zero-order chi connectivity index (χ0) is 14.5. The molecule has 0 aliphatic heterocycles. The van der Waals surface area contributed by atoms with E-state index in [1.54, 1.807) is 20.0 Å². The van der Waals surface area contributed by atoms with Gasteiger partial charge in [-0.1, -0.05) is 0 Å². The first-order chi connectivity index (χ1) is 8.80. The summed E-state index contributed by atoms with van der Waals surface area (Å²) in [5, 5.41) is 14.0. The van der Waals surface area contributed by atoms with Crippen LogP contribution in [0.15, 0.2) is 12.4 Å². The number of hydrogen-bond acceptors (Lipinski definition) is 3. The van der Waals surface area contributed by atoms with Crippen molar-refractivity contribution in [1.82, 2.24) is 20.2 Å². The van der Waals surface area contributed by atoms with Crippen LogP contribution < -0.4 is 10.6 Å². The molecule has 1 rings (SSSR count). The van der Waals surface area contributed by atoms with Crippen LogP contribution in [0.2, 0.25) is 0 Å². The third-order valence-corrected chi connectivity index (χ3v) is 2.60. The molecule has 0 aromatic carbocycles. The first-order valence-corrected chi connectivity index (χ1v) is 6.04. The van der Waals surface area contributed by atoms with Crippen LogP contribution in [0.4, 0.5) is 4.79 Å². The zero-order valence-corrected chi connectivity index (χ0v) is 11.4. The van der Waals surface area contributed by atoms with E-state index in [0.717, 1.165) is 5.82 Å². The molecule has 0 aliphatic rings. The van der Waals surface area contributed by atoms with E-state index in [1.165, 1.54) is 0 Å². The third-order valence-electron chi connectivity index (χ3n) is 2.60. The van der Waals surface area contributed by atoms with E-state index < -0.39 is 11.5 Å². The van der Waals surface area contributed by atoms with E-state index in [4.69, 9.17) is 5.11 Å². The standard InChI is InChI=1S/C12H20N4O3/c1-12(2,8-10(17)18)15-11(19)14-5-4-9-13-6-7-16(9)3/h6-7H,4-5,8H2,1-3H3,(H,17,18)(H2,14,15,19). The number of carbonyl (C=O) groups is 2. The first-order valence-electron chi connectivity index (χ1n) is 6.04. The van der Waals surface area contributed by atoms with Crippen molar-refractivity contribution in [3.63, 3.8) is 0 Å². The van der Waals surface area contributed by atoms with E-state index >= 15 is 0 Å². The van der Waals surface area contributed by atoms with Gasteiger partial charge in [0.25, 0.3) is 0 Å².